The molecule has 0 amide bonds. The molecule has 6 heteroatoms. The Labute approximate surface area is 141 Å². The van der Waals surface area contributed by atoms with Gasteiger partial charge in [-0.3, -0.25) is 4.90 Å². The van der Waals surface area contributed by atoms with Crippen molar-refractivity contribution in [1.29, 1.82) is 0 Å². The van der Waals surface area contributed by atoms with Gasteiger partial charge in [-0.15, -0.1) is 5.10 Å². The zero-order valence-electron chi connectivity index (χ0n) is 13.9. The first-order valence-corrected chi connectivity index (χ1v) is 8.33. The number of nitrogens with zero attached hydrogens (tertiary/aromatic N) is 5. The molecular formula is C18H22N6. The van der Waals surface area contributed by atoms with E-state index in [9.17, 15) is 0 Å². The first-order chi connectivity index (χ1) is 11.7. The number of fused-ring (bicyclic) bond motifs is 1. The Morgan fingerprint density at radius 2 is 1.83 bits per heavy atom. The first kappa shape index (κ1) is 15.0. The van der Waals surface area contributed by atoms with E-state index in [1.54, 1.807) is 4.52 Å². The quantitative estimate of drug-likeness (QED) is 0.798. The second-order valence-electron chi connectivity index (χ2n) is 6.37. The zero-order chi connectivity index (χ0) is 16.5. The second-order valence-corrected chi connectivity index (χ2v) is 6.37. The zero-order valence-corrected chi connectivity index (χ0v) is 13.9. The molecule has 1 saturated heterocycles. The molecule has 0 unspecified atom stereocenters. The number of pyridine rings is 1. The Balaban J connectivity index is 1.46. The maximum atomic E-state index is 5.72. The highest BCUT2D eigenvalue weighted by Gasteiger charge is 2.18. The number of nitrogens with two attached hydrogens (primary N) is 1. The highest BCUT2D eigenvalue weighted by Crippen LogP contribution is 2.21. The van der Waals surface area contributed by atoms with Gasteiger partial charge in [0.05, 0.1) is 11.9 Å². The maximum Gasteiger partial charge on any atom is 0.240 e. The normalized spacial score (nSPS) is 16.0. The van der Waals surface area contributed by atoms with Gasteiger partial charge in [0, 0.05) is 32.7 Å². The number of hydrogen-bond acceptors (Lipinski definition) is 5. The third-order valence-corrected chi connectivity index (χ3v) is 4.61. The van der Waals surface area contributed by atoms with Crippen molar-refractivity contribution in [3.05, 3.63) is 53.7 Å². The van der Waals surface area contributed by atoms with Crippen molar-refractivity contribution in [2.75, 3.05) is 36.8 Å². The fourth-order valence-electron chi connectivity index (χ4n) is 3.33. The van der Waals surface area contributed by atoms with E-state index >= 15 is 0 Å². The highest BCUT2D eigenvalue weighted by atomic mass is 15.3. The van der Waals surface area contributed by atoms with Crippen LogP contribution in [0.2, 0.25) is 0 Å². The fourth-order valence-corrected chi connectivity index (χ4v) is 3.33. The lowest BCUT2D eigenvalue weighted by Crippen LogP contribution is -2.46. The summed E-state index contributed by atoms with van der Waals surface area (Å²) in [6, 6.07) is 12.8. The summed E-state index contributed by atoms with van der Waals surface area (Å²) in [5, 5.41) is 4.25. The lowest BCUT2D eigenvalue weighted by molar-refractivity contribution is 0.250. The molecule has 2 N–H and O–H groups in total. The van der Waals surface area contributed by atoms with Gasteiger partial charge in [0.1, 0.15) is 0 Å². The van der Waals surface area contributed by atoms with Gasteiger partial charge in [-0.1, -0.05) is 30.3 Å². The maximum absolute atomic E-state index is 5.72. The van der Waals surface area contributed by atoms with Crippen LogP contribution in [0.1, 0.15) is 11.1 Å². The van der Waals surface area contributed by atoms with E-state index in [2.05, 4.69) is 63.2 Å². The Morgan fingerprint density at radius 3 is 2.58 bits per heavy atom. The molecule has 6 nitrogen and oxygen atoms in total. The molecule has 0 aliphatic carbocycles. The van der Waals surface area contributed by atoms with E-state index in [1.807, 2.05) is 6.20 Å². The largest absolute Gasteiger partial charge is 0.368 e. The summed E-state index contributed by atoms with van der Waals surface area (Å²) >= 11 is 0. The number of nitrogen functional groups attached to an aromatic ring is 1. The molecule has 0 atom stereocenters. The van der Waals surface area contributed by atoms with Crippen molar-refractivity contribution in [3.8, 4) is 0 Å². The standard InChI is InChI=1S/C18H22N6/c1-14-11-16(13-24-17(14)20-18(19)21-24)23-9-7-22(8-10-23)12-15-5-3-2-4-6-15/h2-6,11,13H,7-10,12H2,1H3,(H2,19,21). The van der Waals surface area contributed by atoms with E-state index < -0.39 is 0 Å². The van der Waals surface area contributed by atoms with Crippen LogP contribution in [-0.2, 0) is 6.54 Å². The smallest absolute Gasteiger partial charge is 0.240 e. The van der Waals surface area contributed by atoms with Gasteiger partial charge < -0.3 is 10.6 Å². The predicted molar refractivity (Wildman–Crippen MR) is 96.1 cm³/mol. The Bertz CT molecular complexity index is 833. The third-order valence-electron chi connectivity index (χ3n) is 4.61. The number of anilines is 2. The Kier molecular flexibility index (Phi) is 3.82. The molecule has 1 aliphatic heterocycles. The van der Waals surface area contributed by atoms with E-state index in [-0.39, 0.29) is 0 Å². The Morgan fingerprint density at radius 1 is 1.08 bits per heavy atom. The molecule has 124 valence electrons. The number of aryl methyl sites for hydroxylation is 1. The molecule has 0 spiro atoms. The van der Waals surface area contributed by atoms with Gasteiger partial charge in [0.15, 0.2) is 5.65 Å². The molecule has 3 aromatic rings. The lowest BCUT2D eigenvalue weighted by atomic mass is 10.2. The van der Waals surface area contributed by atoms with Crippen molar-refractivity contribution in [3.63, 3.8) is 0 Å². The van der Waals surface area contributed by atoms with Crippen LogP contribution < -0.4 is 10.6 Å². The van der Waals surface area contributed by atoms with Crippen molar-refractivity contribution in [2.45, 2.75) is 13.5 Å². The lowest BCUT2D eigenvalue weighted by Gasteiger charge is -2.36. The summed E-state index contributed by atoms with van der Waals surface area (Å²) in [4.78, 5) is 9.17. The molecule has 24 heavy (non-hydrogen) atoms. The molecule has 1 aliphatic rings. The average molecular weight is 322 g/mol. The van der Waals surface area contributed by atoms with Crippen molar-refractivity contribution >= 4 is 17.3 Å². The fraction of sp³-hybridized carbons (Fsp3) is 0.333. The minimum absolute atomic E-state index is 0.322. The van der Waals surface area contributed by atoms with E-state index in [4.69, 9.17) is 5.73 Å². The summed E-state index contributed by atoms with van der Waals surface area (Å²) < 4.78 is 1.79. The molecule has 4 rings (SSSR count). The molecule has 0 radical (unpaired) electrons. The van der Waals surface area contributed by atoms with Crippen LogP contribution in [-0.4, -0.2) is 45.7 Å². The van der Waals surface area contributed by atoms with E-state index in [0.29, 0.717) is 5.95 Å². The molecule has 1 fully saturated rings. The average Bonchev–Trinajstić information content (AvgIpc) is 2.97. The van der Waals surface area contributed by atoms with E-state index in [1.165, 1.54) is 11.3 Å². The third kappa shape index (κ3) is 2.92. The van der Waals surface area contributed by atoms with Crippen molar-refractivity contribution in [2.24, 2.45) is 0 Å². The number of piperazine rings is 1. The molecule has 1 aromatic carbocycles. The molecule has 2 aromatic heterocycles. The summed E-state index contributed by atoms with van der Waals surface area (Å²) in [6.07, 6.45) is 2.03. The minimum Gasteiger partial charge on any atom is -0.368 e. The number of benzene rings is 1. The van der Waals surface area contributed by atoms with Crippen LogP contribution in [0.25, 0.3) is 5.65 Å². The van der Waals surface area contributed by atoms with Crippen LogP contribution in [0.15, 0.2) is 42.6 Å². The van der Waals surface area contributed by atoms with Gasteiger partial charge in [0.2, 0.25) is 5.95 Å². The Hall–Kier alpha value is -2.60. The van der Waals surface area contributed by atoms with Gasteiger partial charge in [0.25, 0.3) is 0 Å². The van der Waals surface area contributed by atoms with Crippen molar-refractivity contribution in [1.82, 2.24) is 19.5 Å². The monoisotopic (exact) mass is 322 g/mol. The number of aromatic nitrogens is 3. The van der Waals surface area contributed by atoms with Gasteiger partial charge in [-0.05, 0) is 24.1 Å². The molecular weight excluding hydrogens is 300 g/mol. The van der Waals surface area contributed by atoms with Crippen LogP contribution >= 0.6 is 0 Å². The first-order valence-electron chi connectivity index (χ1n) is 8.33. The molecule has 0 bridgehead atoms. The van der Waals surface area contributed by atoms with Gasteiger partial charge in [-0.2, -0.15) is 4.98 Å². The van der Waals surface area contributed by atoms with Crippen molar-refractivity contribution < 1.29 is 0 Å². The van der Waals surface area contributed by atoms with E-state index in [0.717, 1.165) is 43.9 Å². The second kappa shape index (κ2) is 6.13. The van der Waals surface area contributed by atoms with Crippen LogP contribution in [0.5, 0.6) is 0 Å². The topological polar surface area (TPSA) is 62.7 Å². The van der Waals surface area contributed by atoms with Crippen LogP contribution in [0.4, 0.5) is 11.6 Å². The van der Waals surface area contributed by atoms with Crippen LogP contribution in [0, 0.1) is 6.92 Å². The number of rotatable bonds is 3. The van der Waals surface area contributed by atoms with Crippen LogP contribution in [0.3, 0.4) is 0 Å². The van der Waals surface area contributed by atoms with Gasteiger partial charge >= 0.3 is 0 Å². The minimum atomic E-state index is 0.322. The summed E-state index contributed by atoms with van der Waals surface area (Å²) in [5.74, 6) is 0.322. The highest BCUT2D eigenvalue weighted by molar-refractivity contribution is 5.58. The summed E-state index contributed by atoms with van der Waals surface area (Å²) in [6.45, 7) is 7.23. The molecule has 3 heterocycles. The number of hydrogen-bond donors (Lipinski definition) is 1. The molecule has 0 saturated carbocycles. The summed E-state index contributed by atoms with van der Waals surface area (Å²) in [5.41, 5.74) is 10.2. The van der Waals surface area contributed by atoms with Gasteiger partial charge in [-0.25, -0.2) is 4.52 Å². The predicted octanol–water partition coefficient (Wildman–Crippen LogP) is 1.94. The SMILES string of the molecule is Cc1cc(N2CCN(Cc3ccccc3)CC2)cn2nc(N)nc12. The summed E-state index contributed by atoms with van der Waals surface area (Å²) in [7, 11) is 0.